The van der Waals surface area contributed by atoms with Crippen LogP contribution < -0.4 is 5.32 Å². The SMILES string of the molecule is Cc1cc(O)ccc1C(=O)NCC1CN2CCCC2CO1. The van der Waals surface area contributed by atoms with Crippen LogP contribution in [0.15, 0.2) is 18.2 Å². The maximum atomic E-state index is 12.2. The molecular weight excluding hydrogens is 268 g/mol. The summed E-state index contributed by atoms with van der Waals surface area (Å²) in [7, 11) is 0. The summed E-state index contributed by atoms with van der Waals surface area (Å²) in [5, 5.41) is 12.3. The first-order valence-electron chi connectivity index (χ1n) is 7.57. The van der Waals surface area contributed by atoms with Gasteiger partial charge in [-0.2, -0.15) is 0 Å². The van der Waals surface area contributed by atoms with Gasteiger partial charge in [0.15, 0.2) is 0 Å². The number of aromatic hydroxyl groups is 1. The van der Waals surface area contributed by atoms with Gasteiger partial charge in [0.2, 0.25) is 0 Å². The van der Waals surface area contributed by atoms with Gasteiger partial charge in [-0.25, -0.2) is 0 Å². The fourth-order valence-corrected chi connectivity index (χ4v) is 3.21. The minimum atomic E-state index is -0.111. The Hall–Kier alpha value is -1.59. The first-order valence-corrected chi connectivity index (χ1v) is 7.57. The van der Waals surface area contributed by atoms with Gasteiger partial charge in [-0.1, -0.05) is 0 Å². The molecule has 1 aromatic carbocycles. The molecule has 2 aliphatic heterocycles. The molecule has 0 aromatic heterocycles. The van der Waals surface area contributed by atoms with E-state index in [0.29, 0.717) is 18.2 Å². The summed E-state index contributed by atoms with van der Waals surface area (Å²) in [6.45, 7) is 5.18. The second kappa shape index (κ2) is 6.03. The number of amides is 1. The maximum absolute atomic E-state index is 12.2. The number of nitrogens with one attached hydrogen (secondary N) is 1. The molecule has 21 heavy (non-hydrogen) atoms. The molecule has 0 bridgehead atoms. The number of hydrogen-bond acceptors (Lipinski definition) is 4. The average molecular weight is 290 g/mol. The van der Waals surface area contributed by atoms with Crippen molar-refractivity contribution in [1.82, 2.24) is 10.2 Å². The Kier molecular flexibility index (Phi) is 4.12. The molecule has 0 radical (unpaired) electrons. The number of aryl methyl sites for hydroxylation is 1. The molecule has 114 valence electrons. The Balaban J connectivity index is 1.54. The van der Waals surface area contributed by atoms with Crippen LogP contribution in [0.25, 0.3) is 0 Å². The molecular formula is C16H22N2O3. The highest BCUT2D eigenvalue weighted by molar-refractivity contribution is 5.95. The van der Waals surface area contributed by atoms with E-state index >= 15 is 0 Å². The number of nitrogens with zero attached hydrogens (tertiary/aromatic N) is 1. The number of benzene rings is 1. The molecule has 0 aliphatic carbocycles. The molecule has 2 atom stereocenters. The van der Waals surface area contributed by atoms with Gasteiger partial charge in [0.1, 0.15) is 5.75 Å². The van der Waals surface area contributed by atoms with Crippen LogP contribution in [-0.4, -0.2) is 54.3 Å². The first-order chi connectivity index (χ1) is 10.1. The average Bonchev–Trinajstić information content (AvgIpc) is 2.92. The van der Waals surface area contributed by atoms with Crippen LogP contribution >= 0.6 is 0 Å². The van der Waals surface area contributed by atoms with Gasteiger partial charge in [-0.05, 0) is 50.1 Å². The zero-order valence-corrected chi connectivity index (χ0v) is 12.3. The van der Waals surface area contributed by atoms with Gasteiger partial charge in [0.05, 0.1) is 12.7 Å². The van der Waals surface area contributed by atoms with E-state index in [0.717, 1.165) is 25.3 Å². The summed E-state index contributed by atoms with van der Waals surface area (Å²) < 4.78 is 5.83. The Morgan fingerprint density at radius 3 is 3.19 bits per heavy atom. The highest BCUT2D eigenvalue weighted by atomic mass is 16.5. The molecule has 5 nitrogen and oxygen atoms in total. The molecule has 2 aliphatic rings. The van der Waals surface area contributed by atoms with Crippen molar-refractivity contribution in [3.05, 3.63) is 29.3 Å². The van der Waals surface area contributed by atoms with Crippen LogP contribution in [0.5, 0.6) is 5.75 Å². The Morgan fingerprint density at radius 2 is 2.38 bits per heavy atom. The van der Waals surface area contributed by atoms with E-state index in [1.54, 1.807) is 12.1 Å². The number of hydrogen-bond donors (Lipinski definition) is 2. The standard InChI is InChI=1S/C16H22N2O3/c1-11-7-13(19)4-5-15(11)16(20)17-8-14-9-18-6-2-3-12(18)10-21-14/h4-5,7,12,14,19H,2-3,6,8-10H2,1H3,(H,17,20). The number of carbonyl (C=O) groups excluding carboxylic acids is 1. The fourth-order valence-electron chi connectivity index (χ4n) is 3.21. The van der Waals surface area contributed by atoms with Crippen molar-refractivity contribution >= 4 is 5.91 Å². The van der Waals surface area contributed by atoms with Gasteiger partial charge in [0, 0.05) is 24.7 Å². The maximum Gasteiger partial charge on any atom is 0.251 e. The van der Waals surface area contributed by atoms with E-state index in [1.165, 1.54) is 18.9 Å². The van der Waals surface area contributed by atoms with Gasteiger partial charge in [-0.15, -0.1) is 0 Å². The molecule has 3 rings (SSSR count). The van der Waals surface area contributed by atoms with Crippen molar-refractivity contribution in [2.45, 2.75) is 31.9 Å². The van der Waals surface area contributed by atoms with E-state index < -0.39 is 0 Å². The molecule has 0 saturated carbocycles. The monoisotopic (exact) mass is 290 g/mol. The van der Waals surface area contributed by atoms with Gasteiger partial charge < -0.3 is 15.2 Å². The third-order valence-corrected chi connectivity index (χ3v) is 4.41. The number of ether oxygens (including phenoxy) is 1. The highest BCUT2D eigenvalue weighted by Crippen LogP contribution is 2.22. The summed E-state index contributed by atoms with van der Waals surface area (Å²) in [6, 6.07) is 5.36. The lowest BCUT2D eigenvalue weighted by molar-refractivity contribution is -0.0461. The second-order valence-electron chi connectivity index (χ2n) is 5.96. The predicted octanol–water partition coefficient (Wildman–Crippen LogP) is 1.29. The van der Waals surface area contributed by atoms with Crippen LogP contribution in [0.3, 0.4) is 0 Å². The lowest BCUT2D eigenvalue weighted by atomic mass is 10.1. The summed E-state index contributed by atoms with van der Waals surface area (Å²) in [5.74, 6) is 0.0689. The van der Waals surface area contributed by atoms with Crippen LogP contribution in [0.4, 0.5) is 0 Å². The van der Waals surface area contributed by atoms with Crippen molar-refractivity contribution in [1.29, 1.82) is 0 Å². The quantitative estimate of drug-likeness (QED) is 0.880. The molecule has 2 heterocycles. The minimum absolute atomic E-state index is 0.0701. The van der Waals surface area contributed by atoms with Crippen molar-refractivity contribution in [3.63, 3.8) is 0 Å². The normalized spacial score (nSPS) is 25.6. The van der Waals surface area contributed by atoms with Crippen LogP contribution in [0.1, 0.15) is 28.8 Å². The number of phenols is 1. The summed E-state index contributed by atoms with van der Waals surface area (Å²) >= 11 is 0. The Bertz CT molecular complexity index is 532. The van der Waals surface area contributed by atoms with Crippen molar-refractivity contribution in [2.24, 2.45) is 0 Å². The smallest absolute Gasteiger partial charge is 0.251 e. The molecule has 2 N–H and O–H groups in total. The molecule has 2 fully saturated rings. The van der Waals surface area contributed by atoms with E-state index in [2.05, 4.69) is 10.2 Å². The molecule has 2 saturated heterocycles. The number of morpholine rings is 1. The van der Waals surface area contributed by atoms with Gasteiger partial charge in [0.25, 0.3) is 5.91 Å². The first kappa shape index (κ1) is 14.4. The van der Waals surface area contributed by atoms with Crippen LogP contribution in [0.2, 0.25) is 0 Å². The topological polar surface area (TPSA) is 61.8 Å². The second-order valence-corrected chi connectivity index (χ2v) is 5.96. The van der Waals surface area contributed by atoms with E-state index in [-0.39, 0.29) is 17.8 Å². The highest BCUT2D eigenvalue weighted by Gasteiger charge is 2.32. The van der Waals surface area contributed by atoms with Crippen molar-refractivity contribution < 1.29 is 14.6 Å². The van der Waals surface area contributed by atoms with Crippen molar-refractivity contribution in [2.75, 3.05) is 26.2 Å². The molecule has 0 spiro atoms. The van der Waals surface area contributed by atoms with Crippen LogP contribution in [-0.2, 0) is 4.74 Å². The third kappa shape index (κ3) is 3.19. The third-order valence-electron chi connectivity index (χ3n) is 4.41. The fraction of sp³-hybridized carbons (Fsp3) is 0.562. The number of fused-ring (bicyclic) bond motifs is 1. The van der Waals surface area contributed by atoms with Gasteiger partial charge in [-0.3, -0.25) is 9.69 Å². The molecule has 1 amide bonds. The van der Waals surface area contributed by atoms with Gasteiger partial charge >= 0.3 is 0 Å². The number of rotatable bonds is 3. The Morgan fingerprint density at radius 1 is 1.52 bits per heavy atom. The zero-order valence-electron chi connectivity index (χ0n) is 12.3. The molecule has 1 aromatic rings. The Labute approximate surface area is 124 Å². The largest absolute Gasteiger partial charge is 0.508 e. The summed E-state index contributed by atoms with van der Waals surface area (Å²) in [4.78, 5) is 14.6. The number of phenolic OH excluding ortho intramolecular Hbond substituents is 1. The van der Waals surface area contributed by atoms with Crippen LogP contribution in [0, 0.1) is 6.92 Å². The minimum Gasteiger partial charge on any atom is -0.508 e. The van der Waals surface area contributed by atoms with E-state index in [9.17, 15) is 9.90 Å². The number of carbonyl (C=O) groups is 1. The summed E-state index contributed by atoms with van der Waals surface area (Å²) in [5.41, 5.74) is 1.37. The molecule has 2 unspecified atom stereocenters. The lowest BCUT2D eigenvalue weighted by Gasteiger charge is -2.35. The zero-order chi connectivity index (χ0) is 14.8. The summed E-state index contributed by atoms with van der Waals surface area (Å²) in [6.07, 6.45) is 2.55. The van der Waals surface area contributed by atoms with E-state index in [1.807, 2.05) is 6.92 Å². The van der Waals surface area contributed by atoms with Crippen molar-refractivity contribution in [3.8, 4) is 5.75 Å². The predicted molar refractivity (Wildman–Crippen MR) is 79.5 cm³/mol. The molecule has 5 heteroatoms. The lowest BCUT2D eigenvalue weighted by Crippen LogP contribution is -2.50. The van der Waals surface area contributed by atoms with E-state index in [4.69, 9.17) is 4.74 Å².